The number of unbranched alkanes of at least 4 members (excludes halogenated alkanes) is 3. The van der Waals surface area contributed by atoms with Gasteiger partial charge in [0.2, 0.25) is 0 Å². The Morgan fingerprint density at radius 3 is 1.38 bits per heavy atom. The van der Waals surface area contributed by atoms with Gasteiger partial charge in [-0.3, -0.25) is 0 Å². The largest absolute Gasteiger partial charge is 0.386 e. The van der Waals surface area contributed by atoms with E-state index >= 15 is 0 Å². The van der Waals surface area contributed by atoms with Crippen molar-refractivity contribution >= 4 is 0 Å². The molecule has 13 heavy (non-hydrogen) atoms. The molecule has 0 aromatic heterocycles. The standard InChI is InChI=1S/C6H16N2.C3H8N2/c7-5-3-1-2-4-6-8;1-2-3(4)5/h1-8H2;2H,4-5H2,1H3. The molecular formula is C9H24N4. The minimum absolute atomic E-state index is 0.380. The van der Waals surface area contributed by atoms with Crippen molar-refractivity contribution in [1.29, 1.82) is 0 Å². The van der Waals surface area contributed by atoms with Gasteiger partial charge in [-0.1, -0.05) is 12.8 Å². The van der Waals surface area contributed by atoms with Crippen molar-refractivity contribution in [1.82, 2.24) is 0 Å². The number of hydrogen-bond donors (Lipinski definition) is 4. The van der Waals surface area contributed by atoms with Crippen molar-refractivity contribution in [3.63, 3.8) is 0 Å². The second-order valence-corrected chi connectivity index (χ2v) is 2.78. The average molecular weight is 188 g/mol. The highest BCUT2D eigenvalue weighted by atomic mass is 14.8. The van der Waals surface area contributed by atoms with Crippen LogP contribution in [0.1, 0.15) is 32.6 Å². The number of nitrogens with two attached hydrogens (primary N) is 4. The molecule has 0 radical (unpaired) electrons. The van der Waals surface area contributed by atoms with Crippen molar-refractivity contribution in [3.8, 4) is 0 Å². The van der Waals surface area contributed by atoms with Gasteiger partial charge in [0.25, 0.3) is 0 Å². The van der Waals surface area contributed by atoms with Crippen LogP contribution in [-0.2, 0) is 0 Å². The molecule has 0 atom stereocenters. The fourth-order valence-electron chi connectivity index (χ4n) is 0.642. The third kappa shape index (κ3) is 24.6. The lowest BCUT2D eigenvalue weighted by Gasteiger charge is -1.94. The van der Waals surface area contributed by atoms with Crippen LogP contribution >= 0.6 is 0 Å². The molecule has 0 unspecified atom stereocenters. The lowest BCUT2D eigenvalue weighted by atomic mass is 10.2. The first kappa shape index (κ1) is 14.8. The Morgan fingerprint density at radius 2 is 1.23 bits per heavy atom. The third-order valence-electron chi connectivity index (χ3n) is 1.49. The van der Waals surface area contributed by atoms with Crippen LogP contribution in [0, 0.1) is 0 Å². The molecular weight excluding hydrogens is 164 g/mol. The molecule has 0 aliphatic carbocycles. The molecule has 0 saturated carbocycles. The molecule has 0 aromatic carbocycles. The predicted molar refractivity (Wildman–Crippen MR) is 58.7 cm³/mol. The van der Waals surface area contributed by atoms with Crippen LogP contribution in [0.3, 0.4) is 0 Å². The SMILES string of the molecule is CC=C(N)N.NCCCCCCN. The summed E-state index contributed by atoms with van der Waals surface area (Å²) in [7, 11) is 0. The lowest BCUT2D eigenvalue weighted by molar-refractivity contribution is 0.653. The second kappa shape index (κ2) is 13.8. The van der Waals surface area contributed by atoms with E-state index in [1.807, 2.05) is 0 Å². The zero-order chi connectivity index (χ0) is 10.5. The fraction of sp³-hybridized carbons (Fsp3) is 0.778. The Kier molecular flexibility index (Phi) is 15.7. The van der Waals surface area contributed by atoms with E-state index in [0.29, 0.717) is 5.82 Å². The first-order valence-electron chi connectivity index (χ1n) is 4.76. The molecule has 0 heterocycles. The van der Waals surface area contributed by atoms with E-state index in [1.165, 1.54) is 12.8 Å². The van der Waals surface area contributed by atoms with Gasteiger partial charge in [0.15, 0.2) is 0 Å². The summed E-state index contributed by atoms with van der Waals surface area (Å²) < 4.78 is 0. The topological polar surface area (TPSA) is 104 Å². The normalized spacial score (nSPS) is 8.54. The average Bonchev–Trinajstić information content (AvgIpc) is 2.14. The molecule has 4 nitrogen and oxygen atoms in total. The summed E-state index contributed by atoms with van der Waals surface area (Å²) in [5, 5.41) is 0. The summed E-state index contributed by atoms with van der Waals surface area (Å²) >= 11 is 0. The summed E-state index contributed by atoms with van der Waals surface area (Å²) in [6.45, 7) is 3.43. The molecule has 0 bridgehead atoms. The molecule has 0 spiro atoms. The van der Waals surface area contributed by atoms with Crippen LogP contribution < -0.4 is 22.9 Å². The number of rotatable bonds is 5. The number of allylic oxidation sites excluding steroid dienone is 1. The summed E-state index contributed by atoms with van der Waals surface area (Å²) in [6, 6.07) is 0. The highest BCUT2D eigenvalue weighted by Gasteiger charge is 1.83. The van der Waals surface area contributed by atoms with E-state index in [9.17, 15) is 0 Å². The van der Waals surface area contributed by atoms with Crippen LogP contribution in [0.5, 0.6) is 0 Å². The summed E-state index contributed by atoms with van der Waals surface area (Å²) in [5.74, 6) is 0.380. The van der Waals surface area contributed by atoms with Gasteiger partial charge in [-0.25, -0.2) is 0 Å². The Morgan fingerprint density at radius 1 is 0.923 bits per heavy atom. The van der Waals surface area contributed by atoms with Gasteiger partial charge in [-0.2, -0.15) is 0 Å². The highest BCUT2D eigenvalue weighted by molar-refractivity contribution is 4.84. The van der Waals surface area contributed by atoms with Gasteiger partial charge in [-0.15, -0.1) is 0 Å². The maximum atomic E-state index is 5.28. The van der Waals surface area contributed by atoms with Crippen LogP contribution in [0.25, 0.3) is 0 Å². The molecule has 0 saturated heterocycles. The van der Waals surface area contributed by atoms with E-state index in [-0.39, 0.29) is 0 Å². The molecule has 80 valence electrons. The fourth-order valence-corrected chi connectivity index (χ4v) is 0.642. The second-order valence-electron chi connectivity index (χ2n) is 2.78. The Labute approximate surface area is 81.3 Å². The quantitative estimate of drug-likeness (QED) is 0.463. The first-order chi connectivity index (χ1) is 6.18. The highest BCUT2D eigenvalue weighted by Crippen LogP contribution is 1.95. The predicted octanol–water partition coefficient (Wildman–Crippen LogP) is 0.229. The van der Waals surface area contributed by atoms with Crippen LogP contribution in [-0.4, -0.2) is 13.1 Å². The van der Waals surface area contributed by atoms with E-state index < -0.39 is 0 Å². The number of hydrogen-bond acceptors (Lipinski definition) is 4. The molecule has 0 aliphatic heterocycles. The maximum Gasteiger partial charge on any atom is 0.0889 e. The third-order valence-corrected chi connectivity index (χ3v) is 1.49. The van der Waals surface area contributed by atoms with E-state index in [2.05, 4.69) is 0 Å². The van der Waals surface area contributed by atoms with Crippen LogP contribution in [0.4, 0.5) is 0 Å². The Hall–Kier alpha value is -0.740. The van der Waals surface area contributed by atoms with Crippen LogP contribution in [0.2, 0.25) is 0 Å². The molecule has 0 aromatic rings. The zero-order valence-electron chi connectivity index (χ0n) is 8.63. The van der Waals surface area contributed by atoms with Crippen molar-refractivity contribution in [2.45, 2.75) is 32.6 Å². The smallest absolute Gasteiger partial charge is 0.0889 e. The first-order valence-corrected chi connectivity index (χ1v) is 4.76. The molecule has 4 heteroatoms. The Bertz CT molecular complexity index is 102. The Balaban J connectivity index is 0. The van der Waals surface area contributed by atoms with Gasteiger partial charge in [0.1, 0.15) is 0 Å². The van der Waals surface area contributed by atoms with Crippen LogP contribution in [0.15, 0.2) is 11.9 Å². The van der Waals surface area contributed by atoms with Gasteiger partial charge >= 0.3 is 0 Å². The summed E-state index contributed by atoms with van der Waals surface area (Å²) in [5.41, 5.74) is 20.4. The van der Waals surface area contributed by atoms with E-state index in [0.717, 1.165) is 25.9 Å². The summed E-state index contributed by atoms with van der Waals surface area (Å²) in [6.07, 6.45) is 6.43. The van der Waals surface area contributed by atoms with Gasteiger partial charge in [0, 0.05) is 0 Å². The zero-order valence-corrected chi connectivity index (χ0v) is 8.63. The lowest BCUT2D eigenvalue weighted by Crippen LogP contribution is -2.06. The molecule has 0 aliphatic rings. The van der Waals surface area contributed by atoms with Crippen molar-refractivity contribution in [2.24, 2.45) is 22.9 Å². The molecule has 0 fully saturated rings. The molecule has 0 amide bonds. The molecule has 8 N–H and O–H groups in total. The van der Waals surface area contributed by atoms with Crippen molar-refractivity contribution < 1.29 is 0 Å². The van der Waals surface area contributed by atoms with Crippen molar-refractivity contribution in [2.75, 3.05) is 13.1 Å². The minimum atomic E-state index is 0.380. The maximum absolute atomic E-state index is 5.28. The van der Waals surface area contributed by atoms with E-state index in [4.69, 9.17) is 22.9 Å². The van der Waals surface area contributed by atoms with Crippen molar-refractivity contribution in [3.05, 3.63) is 11.9 Å². The van der Waals surface area contributed by atoms with Gasteiger partial charge < -0.3 is 22.9 Å². The monoisotopic (exact) mass is 188 g/mol. The minimum Gasteiger partial charge on any atom is -0.386 e. The summed E-state index contributed by atoms with van der Waals surface area (Å²) in [4.78, 5) is 0. The molecule has 0 rings (SSSR count). The van der Waals surface area contributed by atoms with Gasteiger partial charge in [-0.05, 0) is 38.9 Å². The van der Waals surface area contributed by atoms with E-state index in [1.54, 1.807) is 13.0 Å². The van der Waals surface area contributed by atoms with Gasteiger partial charge in [0.05, 0.1) is 5.82 Å².